The van der Waals surface area contributed by atoms with Crippen LogP contribution in [0.25, 0.3) is 0 Å². The summed E-state index contributed by atoms with van der Waals surface area (Å²) in [7, 11) is 0. The van der Waals surface area contributed by atoms with E-state index in [0.29, 0.717) is 15.7 Å². The molecule has 1 heteroatoms. The first kappa shape index (κ1) is 12.7. The van der Waals surface area contributed by atoms with Crippen LogP contribution >= 0.6 is 15.9 Å². The predicted molar refractivity (Wildman–Crippen MR) is 81.3 cm³/mol. The molecule has 1 aromatic carbocycles. The molecule has 0 radical (unpaired) electrons. The Hall–Kier alpha value is -0.300. The molecule has 0 nitrogen and oxygen atoms in total. The number of rotatable bonds is 0. The number of alkyl halides is 1. The molecule has 0 aliphatic heterocycles. The van der Waals surface area contributed by atoms with Crippen molar-refractivity contribution in [2.75, 3.05) is 0 Å². The number of benzene rings is 1. The van der Waals surface area contributed by atoms with Crippen molar-refractivity contribution in [3.8, 4) is 0 Å². The summed E-state index contributed by atoms with van der Waals surface area (Å²) in [4.78, 5) is 0.674. The summed E-state index contributed by atoms with van der Waals surface area (Å²) in [6, 6.07) is 9.14. The summed E-state index contributed by atoms with van der Waals surface area (Å²) >= 11 is 3.94. The van der Waals surface area contributed by atoms with Gasteiger partial charge in [0.2, 0.25) is 0 Å². The van der Waals surface area contributed by atoms with Gasteiger partial charge in [-0.15, -0.1) is 0 Å². The molecule has 3 rings (SSSR count). The van der Waals surface area contributed by atoms with Gasteiger partial charge in [0.15, 0.2) is 0 Å². The number of hydrogen-bond donors (Lipinski definition) is 0. The molecule has 0 heterocycles. The lowest BCUT2D eigenvalue weighted by Gasteiger charge is -2.56. The van der Waals surface area contributed by atoms with E-state index in [1.165, 1.54) is 25.7 Å². The van der Waals surface area contributed by atoms with Crippen LogP contribution in [0, 0.1) is 11.3 Å². The zero-order chi connectivity index (χ0) is 13.0. The third-order valence-corrected chi connectivity index (χ3v) is 7.36. The van der Waals surface area contributed by atoms with Gasteiger partial charge in [-0.05, 0) is 53.6 Å². The highest BCUT2D eigenvalue weighted by Gasteiger charge is 2.52. The first-order chi connectivity index (χ1) is 8.46. The van der Waals surface area contributed by atoms with Crippen molar-refractivity contribution in [3.63, 3.8) is 0 Å². The van der Waals surface area contributed by atoms with Crippen molar-refractivity contribution < 1.29 is 0 Å². The van der Waals surface area contributed by atoms with Crippen LogP contribution in [0.2, 0.25) is 0 Å². The monoisotopic (exact) mass is 306 g/mol. The Morgan fingerprint density at radius 1 is 1.11 bits per heavy atom. The Bertz CT molecular complexity index is 462. The molecule has 2 aliphatic rings. The molecule has 0 aromatic heterocycles. The standard InChI is InChI=1S/C17H23Br/c1-16(2)14-9-8-12-6-4-5-7-13(12)17(14,3)11-10-15(16)18/h4-7,14-15H,8-11H2,1-3H3/t14-,15-,17+/m1/s1. The molecule has 2 aliphatic carbocycles. The maximum Gasteiger partial charge on any atom is 0.0200 e. The molecule has 0 amide bonds. The van der Waals surface area contributed by atoms with Gasteiger partial charge in [-0.3, -0.25) is 0 Å². The van der Waals surface area contributed by atoms with Gasteiger partial charge < -0.3 is 0 Å². The molecule has 0 bridgehead atoms. The van der Waals surface area contributed by atoms with Crippen molar-refractivity contribution in [1.82, 2.24) is 0 Å². The number of hydrogen-bond acceptors (Lipinski definition) is 0. The predicted octanol–water partition coefficient (Wildman–Crippen LogP) is 5.09. The van der Waals surface area contributed by atoms with E-state index in [-0.39, 0.29) is 0 Å². The maximum absolute atomic E-state index is 3.94. The van der Waals surface area contributed by atoms with E-state index in [2.05, 4.69) is 61.0 Å². The first-order valence-corrected chi connectivity index (χ1v) is 8.10. The fourth-order valence-electron chi connectivity index (χ4n) is 4.62. The van der Waals surface area contributed by atoms with Crippen LogP contribution in [0.15, 0.2) is 24.3 Å². The second-order valence-corrected chi connectivity index (χ2v) is 8.10. The van der Waals surface area contributed by atoms with Crippen LogP contribution in [-0.4, -0.2) is 4.83 Å². The summed E-state index contributed by atoms with van der Waals surface area (Å²) < 4.78 is 0. The van der Waals surface area contributed by atoms with Gasteiger partial charge in [0.1, 0.15) is 0 Å². The number of halogens is 1. The molecule has 3 atom stereocenters. The normalized spacial score (nSPS) is 37.8. The van der Waals surface area contributed by atoms with Gasteiger partial charge in [-0.2, -0.15) is 0 Å². The molecule has 0 N–H and O–H groups in total. The van der Waals surface area contributed by atoms with Crippen molar-refractivity contribution >= 4 is 15.9 Å². The Morgan fingerprint density at radius 3 is 2.61 bits per heavy atom. The molecule has 98 valence electrons. The van der Waals surface area contributed by atoms with E-state index in [1.54, 1.807) is 11.1 Å². The Morgan fingerprint density at radius 2 is 1.83 bits per heavy atom. The largest absolute Gasteiger partial charge is 0.0885 e. The average Bonchev–Trinajstić information content (AvgIpc) is 2.35. The second kappa shape index (κ2) is 4.10. The molecule has 18 heavy (non-hydrogen) atoms. The van der Waals surface area contributed by atoms with Gasteiger partial charge in [-0.25, -0.2) is 0 Å². The lowest BCUT2D eigenvalue weighted by Crippen LogP contribution is -2.52. The van der Waals surface area contributed by atoms with E-state index in [1.807, 2.05) is 0 Å². The van der Waals surface area contributed by atoms with Gasteiger partial charge in [0.25, 0.3) is 0 Å². The zero-order valence-electron chi connectivity index (χ0n) is 11.7. The van der Waals surface area contributed by atoms with Crippen LogP contribution in [-0.2, 0) is 11.8 Å². The lowest BCUT2D eigenvalue weighted by molar-refractivity contribution is 0.0492. The fourth-order valence-corrected chi connectivity index (χ4v) is 5.17. The van der Waals surface area contributed by atoms with Crippen LogP contribution in [0.1, 0.15) is 51.2 Å². The first-order valence-electron chi connectivity index (χ1n) is 7.19. The van der Waals surface area contributed by atoms with Gasteiger partial charge in [0.05, 0.1) is 0 Å². The molecule has 0 saturated heterocycles. The minimum atomic E-state index is 0.391. The highest BCUT2D eigenvalue weighted by atomic mass is 79.9. The van der Waals surface area contributed by atoms with E-state index in [4.69, 9.17) is 0 Å². The Balaban J connectivity index is 2.10. The minimum Gasteiger partial charge on any atom is -0.0885 e. The van der Waals surface area contributed by atoms with E-state index < -0.39 is 0 Å². The fraction of sp³-hybridized carbons (Fsp3) is 0.647. The van der Waals surface area contributed by atoms with Gasteiger partial charge >= 0.3 is 0 Å². The summed E-state index contributed by atoms with van der Waals surface area (Å²) in [6.07, 6.45) is 5.24. The smallest absolute Gasteiger partial charge is 0.0200 e. The average molecular weight is 307 g/mol. The van der Waals surface area contributed by atoms with Crippen molar-refractivity contribution in [1.29, 1.82) is 0 Å². The van der Waals surface area contributed by atoms with Crippen LogP contribution in [0.5, 0.6) is 0 Å². The van der Waals surface area contributed by atoms with Crippen LogP contribution in [0.3, 0.4) is 0 Å². The van der Waals surface area contributed by atoms with Crippen LogP contribution in [0.4, 0.5) is 0 Å². The molecule has 1 aromatic rings. The summed E-state index contributed by atoms with van der Waals surface area (Å²) in [5, 5.41) is 0. The minimum absolute atomic E-state index is 0.391. The number of aryl methyl sites for hydroxylation is 1. The molecule has 0 unspecified atom stereocenters. The number of fused-ring (bicyclic) bond motifs is 3. The van der Waals surface area contributed by atoms with E-state index in [0.717, 1.165) is 5.92 Å². The zero-order valence-corrected chi connectivity index (χ0v) is 13.3. The second-order valence-electron chi connectivity index (χ2n) is 6.99. The van der Waals surface area contributed by atoms with E-state index in [9.17, 15) is 0 Å². The molecular formula is C17H23Br. The highest BCUT2D eigenvalue weighted by Crippen LogP contribution is 2.58. The summed E-state index contributed by atoms with van der Waals surface area (Å²) in [5.41, 5.74) is 4.03. The quantitative estimate of drug-likeness (QED) is 0.586. The SMILES string of the molecule is CC1(C)[C@H](Br)CC[C@@]2(C)c3ccccc3CC[C@H]12. The van der Waals surface area contributed by atoms with Gasteiger partial charge in [0, 0.05) is 4.83 Å². The molecule has 0 spiro atoms. The highest BCUT2D eigenvalue weighted by molar-refractivity contribution is 9.09. The van der Waals surface area contributed by atoms with Crippen LogP contribution < -0.4 is 0 Å². The summed E-state index contributed by atoms with van der Waals surface area (Å²) in [5.74, 6) is 0.804. The maximum atomic E-state index is 3.94. The molecular weight excluding hydrogens is 284 g/mol. The third kappa shape index (κ3) is 1.62. The van der Waals surface area contributed by atoms with Crippen molar-refractivity contribution in [2.45, 2.75) is 56.7 Å². The molecule has 1 saturated carbocycles. The summed E-state index contributed by atoms with van der Waals surface area (Å²) in [6.45, 7) is 7.43. The van der Waals surface area contributed by atoms with E-state index >= 15 is 0 Å². The molecule has 1 fully saturated rings. The van der Waals surface area contributed by atoms with Crippen molar-refractivity contribution in [2.24, 2.45) is 11.3 Å². The Labute approximate surface area is 119 Å². The lowest BCUT2D eigenvalue weighted by atomic mass is 9.50. The van der Waals surface area contributed by atoms with Crippen molar-refractivity contribution in [3.05, 3.63) is 35.4 Å². The topological polar surface area (TPSA) is 0 Å². The third-order valence-electron chi connectivity index (χ3n) is 5.73. The Kier molecular flexibility index (Phi) is 2.89. The van der Waals surface area contributed by atoms with Gasteiger partial charge in [-0.1, -0.05) is 61.0 Å².